The lowest BCUT2D eigenvalue weighted by Gasteiger charge is -2.12. The van der Waals surface area contributed by atoms with E-state index in [0.717, 1.165) is 11.1 Å². The van der Waals surface area contributed by atoms with E-state index < -0.39 is 5.97 Å². The number of aromatic nitrogens is 2. The number of carbonyl (C=O) groups is 1. The number of hydrogen-bond donors (Lipinski definition) is 2. The fourth-order valence-corrected chi connectivity index (χ4v) is 2.60. The molecule has 3 aromatic rings. The molecular weight excluding hydrogens is 326 g/mol. The fourth-order valence-electron chi connectivity index (χ4n) is 2.33. The van der Waals surface area contributed by atoms with Crippen molar-refractivity contribution >= 4 is 28.9 Å². The van der Waals surface area contributed by atoms with Crippen LogP contribution in [0.15, 0.2) is 55.0 Å². The second-order valence-corrected chi connectivity index (χ2v) is 5.68. The number of carboxylic acids is 1. The first-order chi connectivity index (χ1) is 11.5. The molecule has 5 nitrogen and oxygen atoms in total. The van der Waals surface area contributed by atoms with Crippen LogP contribution in [0.4, 0.5) is 11.4 Å². The number of anilines is 2. The van der Waals surface area contributed by atoms with Crippen LogP contribution in [0.25, 0.3) is 11.3 Å². The molecule has 2 N–H and O–H groups in total. The molecule has 1 aromatic carbocycles. The Morgan fingerprint density at radius 3 is 2.58 bits per heavy atom. The van der Waals surface area contributed by atoms with Gasteiger partial charge in [0.05, 0.1) is 33.9 Å². The third kappa shape index (κ3) is 3.36. The van der Waals surface area contributed by atoms with E-state index in [-0.39, 0.29) is 5.56 Å². The van der Waals surface area contributed by atoms with Gasteiger partial charge in [0.1, 0.15) is 0 Å². The lowest BCUT2D eigenvalue weighted by molar-refractivity contribution is 0.0698. The number of hydrogen-bond acceptors (Lipinski definition) is 4. The van der Waals surface area contributed by atoms with E-state index in [2.05, 4.69) is 15.3 Å². The molecule has 120 valence electrons. The van der Waals surface area contributed by atoms with E-state index in [1.165, 1.54) is 0 Å². The lowest BCUT2D eigenvalue weighted by Crippen LogP contribution is -2.03. The highest BCUT2D eigenvalue weighted by atomic mass is 35.5. The third-order valence-corrected chi connectivity index (χ3v) is 3.77. The Hall–Kier alpha value is -2.92. The van der Waals surface area contributed by atoms with Gasteiger partial charge in [0.25, 0.3) is 0 Å². The summed E-state index contributed by atoms with van der Waals surface area (Å²) in [5, 5.41) is 12.9. The molecular formula is C18H14ClN3O2. The first kappa shape index (κ1) is 16.0. The summed E-state index contributed by atoms with van der Waals surface area (Å²) in [5.74, 6) is -0.992. The van der Waals surface area contributed by atoms with Crippen LogP contribution in [0, 0.1) is 6.92 Å². The SMILES string of the molecule is Cc1ccc(Nc2cnc(-c3ccncc3)c(Cl)c2)c(C(=O)O)c1. The van der Waals surface area contributed by atoms with E-state index in [0.29, 0.717) is 22.1 Å². The van der Waals surface area contributed by atoms with Crippen LogP contribution in [-0.4, -0.2) is 21.0 Å². The van der Waals surface area contributed by atoms with Crippen LogP contribution in [0.1, 0.15) is 15.9 Å². The molecule has 0 aliphatic heterocycles. The molecule has 0 aliphatic rings. The second-order valence-electron chi connectivity index (χ2n) is 5.27. The van der Waals surface area contributed by atoms with Gasteiger partial charge in [-0.3, -0.25) is 9.97 Å². The minimum Gasteiger partial charge on any atom is -0.478 e. The summed E-state index contributed by atoms with van der Waals surface area (Å²) in [6, 6.07) is 10.5. The summed E-state index contributed by atoms with van der Waals surface area (Å²) in [7, 11) is 0. The Bertz CT molecular complexity index is 898. The minimum atomic E-state index is -0.992. The third-order valence-electron chi connectivity index (χ3n) is 3.48. The number of nitrogens with one attached hydrogen (secondary N) is 1. The summed E-state index contributed by atoms with van der Waals surface area (Å²) in [6.07, 6.45) is 4.96. The molecule has 0 fully saturated rings. The standard InChI is InChI=1S/C18H14ClN3O2/c1-11-2-3-16(14(8-11)18(23)24)22-13-9-15(19)17(21-10-13)12-4-6-20-7-5-12/h2-10,22H,1H3,(H,23,24). The number of aryl methyl sites for hydroxylation is 1. The zero-order chi connectivity index (χ0) is 17.1. The molecule has 2 heterocycles. The summed E-state index contributed by atoms with van der Waals surface area (Å²) in [6.45, 7) is 1.85. The Kier molecular flexibility index (Phi) is 4.44. The summed E-state index contributed by atoms with van der Waals surface area (Å²) in [5.41, 5.74) is 3.69. The highest BCUT2D eigenvalue weighted by Crippen LogP contribution is 2.29. The number of nitrogens with zero attached hydrogens (tertiary/aromatic N) is 2. The Morgan fingerprint density at radius 1 is 1.17 bits per heavy atom. The van der Waals surface area contributed by atoms with E-state index >= 15 is 0 Å². The van der Waals surface area contributed by atoms with Crippen LogP contribution >= 0.6 is 11.6 Å². The van der Waals surface area contributed by atoms with Crippen molar-refractivity contribution in [2.24, 2.45) is 0 Å². The Balaban J connectivity index is 1.93. The first-order valence-corrected chi connectivity index (χ1v) is 7.59. The maximum atomic E-state index is 11.4. The number of aromatic carboxylic acids is 1. The van der Waals surface area contributed by atoms with Crippen molar-refractivity contribution in [3.05, 3.63) is 71.1 Å². The molecule has 3 rings (SSSR count). The first-order valence-electron chi connectivity index (χ1n) is 7.21. The van der Waals surface area contributed by atoms with E-state index in [9.17, 15) is 9.90 Å². The Morgan fingerprint density at radius 2 is 1.92 bits per heavy atom. The number of rotatable bonds is 4. The smallest absolute Gasteiger partial charge is 0.337 e. The molecule has 2 aromatic heterocycles. The predicted molar refractivity (Wildman–Crippen MR) is 93.9 cm³/mol. The number of benzene rings is 1. The van der Waals surface area contributed by atoms with Gasteiger partial charge >= 0.3 is 5.97 Å². The van der Waals surface area contributed by atoms with Crippen LogP contribution in [0.5, 0.6) is 0 Å². The van der Waals surface area contributed by atoms with E-state index in [1.54, 1.807) is 36.8 Å². The van der Waals surface area contributed by atoms with Crippen LogP contribution in [0.2, 0.25) is 5.02 Å². The molecule has 6 heteroatoms. The van der Waals surface area contributed by atoms with Gasteiger partial charge in [0, 0.05) is 18.0 Å². The molecule has 0 bridgehead atoms. The normalized spacial score (nSPS) is 10.4. The van der Waals surface area contributed by atoms with Crippen molar-refractivity contribution in [3.63, 3.8) is 0 Å². The molecule has 0 saturated carbocycles. The van der Waals surface area contributed by atoms with Gasteiger partial charge in [0.15, 0.2) is 0 Å². The zero-order valence-electron chi connectivity index (χ0n) is 12.8. The zero-order valence-corrected chi connectivity index (χ0v) is 13.6. The number of pyridine rings is 2. The topological polar surface area (TPSA) is 75.1 Å². The van der Waals surface area contributed by atoms with Crippen LogP contribution in [-0.2, 0) is 0 Å². The molecule has 0 spiro atoms. The van der Waals surface area contributed by atoms with Crippen molar-refractivity contribution in [1.29, 1.82) is 0 Å². The average Bonchev–Trinajstić information content (AvgIpc) is 2.57. The maximum absolute atomic E-state index is 11.4. The molecule has 0 amide bonds. The van der Waals surface area contributed by atoms with Crippen molar-refractivity contribution in [2.45, 2.75) is 6.92 Å². The predicted octanol–water partition coefficient (Wildman–Crippen LogP) is 4.55. The molecule has 24 heavy (non-hydrogen) atoms. The second kappa shape index (κ2) is 6.68. The van der Waals surface area contributed by atoms with Crippen LogP contribution in [0.3, 0.4) is 0 Å². The van der Waals surface area contributed by atoms with E-state index in [4.69, 9.17) is 11.6 Å². The minimum absolute atomic E-state index is 0.198. The van der Waals surface area contributed by atoms with Gasteiger partial charge in [0.2, 0.25) is 0 Å². The molecule has 0 aliphatic carbocycles. The highest BCUT2D eigenvalue weighted by molar-refractivity contribution is 6.33. The largest absolute Gasteiger partial charge is 0.478 e. The molecule has 0 unspecified atom stereocenters. The number of halogens is 1. The highest BCUT2D eigenvalue weighted by Gasteiger charge is 2.12. The van der Waals surface area contributed by atoms with Gasteiger partial charge in [-0.2, -0.15) is 0 Å². The quantitative estimate of drug-likeness (QED) is 0.729. The number of carboxylic acid groups (broad SMARTS) is 1. The fraction of sp³-hybridized carbons (Fsp3) is 0.0556. The summed E-state index contributed by atoms with van der Waals surface area (Å²) < 4.78 is 0. The maximum Gasteiger partial charge on any atom is 0.337 e. The summed E-state index contributed by atoms with van der Waals surface area (Å²) >= 11 is 6.32. The van der Waals surface area contributed by atoms with Crippen molar-refractivity contribution in [1.82, 2.24) is 9.97 Å². The van der Waals surface area contributed by atoms with Gasteiger partial charge in [-0.05, 0) is 37.3 Å². The van der Waals surface area contributed by atoms with Gasteiger partial charge in [-0.1, -0.05) is 23.2 Å². The van der Waals surface area contributed by atoms with E-state index in [1.807, 2.05) is 25.1 Å². The van der Waals surface area contributed by atoms with Gasteiger partial charge in [-0.15, -0.1) is 0 Å². The van der Waals surface area contributed by atoms with Crippen molar-refractivity contribution < 1.29 is 9.90 Å². The molecule has 0 atom stereocenters. The summed E-state index contributed by atoms with van der Waals surface area (Å²) in [4.78, 5) is 19.7. The molecule has 0 radical (unpaired) electrons. The van der Waals surface area contributed by atoms with Crippen molar-refractivity contribution in [3.8, 4) is 11.3 Å². The average molecular weight is 340 g/mol. The molecule has 0 saturated heterocycles. The van der Waals surface area contributed by atoms with Crippen LogP contribution < -0.4 is 5.32 Å². The van der Waals surface area contributed by atoms with Gasteiger partial charge in [-0.25, -0.2) is 4.79 Å². The lowest BCUT2D eigenvalue weighted by atomic mass is 10.1. The Labute approximate surface area is 144 Å². The monoisotopic (exact) mass is 339 g/mol. The van der Waals surface area contributed by atoms with Crippen molar-refractivity contribution in [2.75, 3.05) is 5.32 Å². The van der Waals surface area contributed by atoms with Gasteiger partial charge < -0.3 is 10.4 Å².